The zero-order chi connectivity index (χ0) is 18.8. The molecule has 28 heavy (non-hydrogen) atoms. The van der Waals surface area contributed by atoms with Crippen LogP contribution in [0, 0.1) is 0 Å². The van der Waals surface area contributed by atoms with Crippen LogP contribution in [0.25, 0.3) is 0 Å². The third-order valence-electron chi connectivity index (χ3n) is 7.46. The third kappa shape index (κ3) is 4.00. The van der Waals surface area contributed by atoms with Gasteiger partial charge in [0.25, 0.3) is 0 Å². The van der Waals surface area contributed by atoms with E-state index in [-0.39, 0.29) is 0 Å². The van der Waals surface area contributed by atoms with E-state index in [1.54, 1.807) is 0 Å². The summed E-state index contributed by atoms with van der Waals surface area (Å²) in [6.45, 7) is 4.75. The number of nitrogens with one attached hydrogen (secondary N) is 1. The number of likely N-dealkylation sites (tertiary alicyclic amines) is 1. The lowest BCUT2D eigenvalue weighted by molar-refractivity contribution is 0.190. The highest BCUT2D eigenvalue weighted by molar-refractivity contribution is 5.54. The molecule has 1 N–H and O–H groups in total. The maximum absolute atomic E-state index is 5.10. The van der Waals surface area contributed by atoms with Crippen LogP contribution in [0.5, 0.6) is 0 Å². The van der Waals surface area contributed by atoms with E-state index in [1.165, 1.54) is 120 Å². The summed E-state index contributed by atoms with van der Waals surface area (Å²) < 4.78 is 0. The second kappa shape index (κ2) is 8.56. The summed E-state index contributed by atoms with van der Waals surface area (Å²) in [5.41, 5.74) is 2.77. The van der Waals surface area contributed by atoms with Gasteiger partial charge in [0, 0.05) is 43.8 Å². The zero-order valence-electron chi connectivity index (χ0n) is 17.5. The van der Waals surface area contributed by atoms with E-state index in [1.807, 2.05) is 0 Å². The fourth-order valence-electron chi connectivity index (χ4n) is 5.89. The summed E-state index contributed by atoms with van der Waals surface area (Å²) in [5.74, 6) is 2.16. The van der Waals surface area contributed by atoms with Crippen LogP contribution >= 0.6 is 0 Å². The van der Waals surface area contributed by atoms with Gasteiger partial charge in [-0.05, 0) is 51.4 Å². The molecule has 5 heteroatoms. The second-order valence-electron chi connectivity index (χ2n) is 9.47. The number of aryl methyl sites for hydroxylation is 1. The van der Waals surface area contributed by atoms with E-state index >= 15 is 0 Å². The number of nitrogens with zero attached hydrogens (tertiary/aromatic N) is 4. The lowest BCUT2D eigenvalue weighted by Crippen LogP contribution is -2.36. The van der Waals surface area contributed by atoms with Crippen LogP contribution in [0.2, 0.25) is 0 Å². The number of aromatic nitrogens is 2. The Morgan fingerprint density at radius 2 is 1.54 bits per heavy atom. The summed E-state index contributed by atoms with van der Waals surface area (Å²) in [4.78, 5) is 15.4. The molecule has 1 aromatic rings. The van der Waals surface area contributed by atoms with Crippen LogP contribution in [0.3, 0.4) is 0 Å². The molecule has 1 aromatic heterocycles. The Kier molecular flexibility index (Phi) is 5.70. The van der Waals surface area contributed by atoms with Crippen molar-refractivity contribution in [2.24, 2.45) is 0 Å². The Morgan fingerprint density at radius 3 is 2.36 bits per heavy atom. The molecule has 5 nitrogen and oxygen atoms in total. The number of anilines is 2. The van der Waals surface area contributed by atoms with Crippen molar-refractivity contribution in [2.45, 2.75) is 95.6 Å². The van der Waals surface area contributed by atoms with E-state index in [0.717, 1.165) is 18.4 Å². The van der Waals surface area contributed by atoms with Crippen molar-refractivity contribution in [3.63, 3.8) is 0 Å². The highest BCUT2D eigenvalue weighted by Gasteiger charge is 2.30. The first-order valence-corrected chi connectivity index (χ1v) is 12.0. The van der Waals surface area contributed by atoms with Gasteiger partial charge in [0.1, 0.15) is 5.82 Å². The molecule has 154 valence electrons. The minimum Gasteiger partial charge on any atom is -0.356 e. The average molecular weight is 384 g/mol. The van der Waals surface area contributed by atoms with Crippen molar-refractivity contribution in [3.05, 3.63) is 11.3 Å². The molecule has 2 saturated heterocycles. The van der Waals surface area contributed by atoms with Gasteiger partial charge in [-0.1, -0.05) is 32.1 Å². The Hall–Kier alpha value is -1.36. The minimum atomic E-state index is 0.512. The van der Waals surface area contributed by atoms with Crippen LogP contribution < -0.4 is 10.2 Å². The standard InChI is InChI=1S/C23H37N5/c1-2-7-15-27(14-6-1)22-20-11-8-12-21(20)25-23(26-22)24-18-13-16-28(17-18)19-9-4-3-5-10-19/h18-19H,1-17H2,(H,24,25,26)/t18-/m1/s1. The van der Waals surface area contributed by atoms with Gasteiger partial charge < -0.3 is 10.2 Å². The first kappa shape index (κ1) is 18.7. The predicted molar refractivity (Wildman–Crippen MR) is 115 cm³/mol. The van der Waals surface area contributed by atoms with E-state index in [2.05, 4.69) is 15.1 Å². The smallest absolute Gasteiger partial charge is 0.225 e. The molecule has 0 radical (unpaired) electrons. The fourth-order valence-corrected chi connectivity index (χ4v) is 5.89. The zero-order valence-corrected chi connectivity index (χ0v) is 17.5. The van der Waals surface area contributed by atoms with Gasteiger partial charge in [-0.15, -0.1) is 0 Å². The Bertz CT molecular complexity index is 661. The highest BCUT2D eigenvalue weighted by atomic mass is 15.3. The van der Waals surface area contributed by atoms with Crippen molar-refractivity contribution in [2.75, 3.05) is 36.4 Å². The van der Waals surface area contributed by atoms with Crippen LogP contribution in [0.1, 0.15) is 81.9 Å². The number of hydrogen-bond acceptors (Lipinski definition) is 5. The third-order valence-corrected chi connectivity index (χ3v) is 7.46. The Balaban J connectivity index is 1.29. The first-order chi connectivity index (χ1) is 13.9. The van der Waals surface area contributed by atoms with E-state index in [9.17, 15) is 0 Å². The molecule has 0 bridgehead atoms. The van der Waals surface area contributed by atoms with Crippen molar-refractivity contribution in [3.8, 4) is 0 Å². The molecular weight excluding hydrogens is 346 g/mol. The summed E-state index contributed by atoms with van der Waals surface area (Å²) in [7, 11) is 0. The molecular formula is C23H37N5. The fraction of sp³-hybridized carbons (Fsp3) is 0.826. The SMILES string of the molecule is C1CCC(N2CC[C@@H](Nc3nc4c(c(N5CCCCCC5)n3)CCC4)C2)CC1. The van der Waals surface area contributed by atoms with Gasteiger partial charge >= 0.3 is 0 Å². The van der Waals surface area contributed by atoms with Gasteiger partial charge in [-0.2, -0.15) is 4.98 Å². The van der Waals surface area contributed by atoms with E-state index in [0.29, 0.717) is 6.04 Å². The van der Waals surface area contributed by atoms with Crippen molar-refractivity contribution < 1.29 is 0 Å². The summed E-state index contributed by atoms with van der Waals surface area (Å²) in [6.07, 6.45) is 17.2. The molecule has 3 heterocycles. The van der Waals surface area contributed by atoms with Gasteiger partial charge in [0.2, 0.25) is 5.95 Å². The largest absolute Gasteiger partial charge is 0.356 e. The molecule has 2 aliphatic heterocycles. The topological polar surface area (TPSA) is 44.3 Å². The van der Waals surface area contributed by atoms with Crippen molar-refractivity contribution >= 4 is 11.8 Å². The molecule has 1 atom stereocenters. The van der Waals surface area contributed by atoms with E-state index in [4.69, 9.17) is 9.97 Å². The van der Waals surface area contributed by atoms with Crippen molar-refractivity contribution in [1.29, 1.82) is 0 Å². The van der Waals surface area contributed by atoms with Gasteiger partial charge in [0.15, 0.2) is 0 Å². The number of hydrogen-bond donors (Lipinski definition) is 1. The molecule has 4 aliphatic rings. The molecule has 2 aliphatic carbocycles. The first-order valence-electron chi connectivity index (χ1n) is 12.0. The summed E-state index contributed by atoms with van der Waals surface area (Å²) in [5, 5.41) is 3.74. The predicted octanol–water partition coefficient (Wildman–Crippen LogP) is 4.16. The van der Waals surface area contributed by atoms with Gasteiger partial charge in [0.05, 0.1) is 5.69 Å². The molecule has 0 aromatic carbocycles. The second-order valence-corrected chi connectivity index (χ2v) is 9.47. The van der Waals surface area contributed by atoms with Crippen LogP contribution in [-0.2, 0) is 12.8 Å². The molecule has 3 fully saturated rings. The lowest BCUT2D eigenvalue weighted by atomic mass is 9.94. The average Bonchev–Trinajstić information content (AvgIpc) is 3.31. The van der Waals surface area contributed by atoms with Crippen molar-refractivity contribution in [1.82, 2.24) is 14.9 Å². The molecule has 1 saturated carbocycles. The molecule has 5 rings (SSSR count). The minimum absolute atomic E-state index is 0.512. The molecule has 0 spiro atoms. The number of fused-ring (bicyclic) bond motifs is 1. The Labute approximate surface area is 170 Å². The van der Waals surface area contributed by atoms with Gasteiger partial charge in [-0.25, -0.2) is 4.98 Å². The normalized spacial score (nSPS) is 27.0. The van der Waals surface area contributed by atoms with E-state index < -0.39 is 0 Å². The monoisotopic (exact) mass is 383 g/mol. The van der Waals surface area contributed by atoms with Crippen LogP contribution in [0.15, 0.2) is 0 Å². The quantitative estimate of drug-likeness (QED) is 0.846. The Morgan fingerprint density at radius 1 is 0.750 bits per heavy atom. The maximum Gasteiger partial charge on any atom is 0.225 e. The summed E-state index contributed by atoms with van der Waals surface area (Å²) >= 11 is 0. The van der Waals surface area contributed by atoms with Gasteiger partial charge in [-0.3, -0.25) is 4.90 Å². The lowest BCUT2D eigenvalue weighted by Gasteiger charge is -2.31. The van der Waals surface area contributed by atoms with Crippen LogP contribution in [-0.4, -0.2) is 53.1 Å². The van der Waals surface area contributed by atoms with Crippen LogP contribution in [0.4, 0.5) is 11.8 Å². The number of rotatable bonds is 4. The summed E-state index contributed by atoms with van der Waals surface area (Å²) in [6, 6.07) is 1.34. The highest BCUT2D eigenvalue weighted by Crippen LogP contribution is 2.32. The molecule has 0 unspecified atom stereocenters. The molecule has 0 amide bonds. The maximum atomic E-state index is 5.10.